The molecule has 2 atom stereocenters. The van der Waals surface area contributed by atoms with E-state index in [0.29, 0.717) is 11.8 Å². The Morgan fingerprint density at radius 1 is 0.841 bits per heavy atom. The van der Waals surface area contributed by atoms with Gasteiger partial charge in [-0.2, -0.15) is 0 Å². The Balaban J connectivity index is 0.000000235. The first-order valence-corrected chi connectivity index (χ1v) is 17.3. The van der Waals surface area contributed by atoms with Crippen molar-refractivity contribution in [1.29, 1.82) is 0 Å². The largest absolute Gasteiger partial charge is 0.392 e. The van der Waals surface area contributed by atoms with Crippen LogP contribution in [0.2, 0.25) is 0 Å². The first kappa shape index (κ1) is 36.9. The Hall–Kier alpha value is -1.58. The maximum Gasteiger partial charge on any atom is 0.0651 e. The van der Waals surface area contributed by atoms with Gasteiger partial charge in [0.05, 0.1) is 12.2 Å². The molecule has 0 aliphatic heterocycles. The van der Waals surface area contributed by atoms with Gasteiger partial charge in [-0.1, -0.05) is 86.4 Å². The molecule has 2 saturated carbocycles. The molecule has 44 heavy (non-hydrogen) atoms. The Morgan fingerprint density at radius 3 is 1.91 bits per heavy atom. The van der Waals surface area contributed by atoms with E-state index in [9.17, 15) is 10.2 Å². The third kappa shape index (κ3) is 7.52. The number of aliphatic hydroxyl groups excluding tert-OH is 2. The molecular weight excluding hydrogens is 719 g/mol. The van der Waals surface area contributed by atoms with E-state index in [1.807, 2.05) is 6.20 Å². The molecular formula is C40H58IrNO2-. The summed E-state index contributed by atoms with van der Waals surface area (Å²) < 4.78 is 0. The van der Waals surface area contributed by atoms with Gasteiger partial charge in [0.15, 0.2) is 0 Å². The van der Waals surface area contributed by atoms with Crippen molar-refractivity contribution in [2.45, 2.75) is 138 Å². The monoisotopic (exact) mass is 777 g/mol. The fourth-order valence-corrected chi connectivity index (χ4v) is 8.59. The smallest absolute Gasteiger partial charge is 0.0651 e. The van der Waals surface area contributed by atoms with Gasteiger partial charge in [0.25, 0.3) is 0 Å². The van der Waals surface area contributed by atoms with Crippen molar-refractivity contribution in [2.24, 2.45) is 22.7 Å². The van der Waals surface area contributed by atoms with E-state index in [2.05, 4.69) is 103 Å². The number of benzene rings is 2. The van der Waals surface area contributed by atoms with Crippen molar-refractivity contribution in [3.63, 3.8) is 0 Å². The van der Waals surface area contributed by atoms with Gasteiger partial charge in [-0.25, -0.2) is 0 Å². The van der Waals surface area contributed by atoms with Crippen LogP contribution >= 0.6 is 0 Å². The number of hydrogen-bond donors (Lipinski definition) is 2. The molecule has 2 aliphatic carbocycles. The number of aliphatic hydroxyl groups is 2. The quantitative estimate of drug-likeness (QED) is 0.245. The minimum Gasteiger partial charge on any atom is -0.392 e. The van der Waals surface area contributed by atoms with Crippen LogP contribution in [0, 0.1) is 42.6 Å². The summed E-state index contributed by atoms with van der Waals surface area (Å²) in [4.78, 5) is 4.63. The summed E-state index contributed by atoms with van der Waals surface area (Å²) in [5, 5.41) is 25.2. The average Bonchev–Trinajstić information content (AvgIpc) is 3.23. The first-order chi connectivity index (χ1) is 20.5. The fourth-order valence-electron chi connectivity index (χ4n) is 8.59. The Labute approximate surface area is 282 Å². The van der Waals surface area contributed by atoms with Gasteiger partial charge < -0.3 is 15.2 Å². The third-order valence-electron chi connectivity index (χ3n) is 11.7. The summed E-state index contributed by atoms with van der Waals surface area (Å²) in [6.07, 6.45) is 12.5. The Morgan fingerprint density at radius 2 is 1.41 bits per heavy atom. The Kier molecular flexibility index (Phi) is 13.3. The zero-order chi connectivity index (χ0) is 31.4. The zero-order valence-corrected chi connectivity index (χ0v) is 31.1. The predicted molar refractivity (Wildman–Crippen MR) is 182 cm³/mol. The number of fused-ring (bicyclic) bond motifs is 2. The van der Waals surface area contributed by atoms with Gasteiger partial charge >= 0.3 is 0 Å². The van der Waals surface area contributed by atoms with E-state index in [4.69, 9.17) is 0 Å². The molecule has 0 bridgehead atoms. The van der Waals surface area contributed by atoms with Crippen LogP contribution < -0.4 is 0 Å². The summed E-state index contributed by atoms with van der Waals surface area (Å²) in [7, 11) is 0. The van der Waals surface area contributed by atoms with Gasteiger partial charge in [0.2, 0.25) is 0 Å². The molecule has 0 amide bonds. The van der Waals surface area contributed by atoms with Crippen LogP contribution in [-0.2, 0) is 20.1 Å². The van der Waals surface area contributed by atoms with E-state index < -0.39 is 0 Å². The van der Waals surface area contributed by atoms with Crippen molar-refractivity contribution in [1.82, 2.24) is 4.98 Å². The van der Waals surface area contributed by atoms with Crippen LogP contribution in [0.4, 0.5) is 0 Å². The number of pyridine rings is 1. The molecule has 2 aromatic carbocycles. The minimum absolute atomic E-state index is 0. The molecule has 0 saturated heterocycles. The molecule has 2 aliphatic rings. The molecule has 2 unspecified atom stereocenters. The SMILES string of the molecule is CCC1(CC)CCCC2CCCC(CC)(CC)C(O)C2C1O.Cc1[c-]c(-c2nccc3ccc(C(C)C)cc23)cc(C)c1.[Ir]. The molecule has 1 radical (unpaired) electrons. The van der Waals surface area contributed by atoms with Crippen LogP contribution in [0.25, 0.3) is 22.0 Å². The topological polar surface area (TPSA) is 53.4 Å². The molecule has 3 aromatic rings. The molecule has 3 nitrogen and oxygen atoms in total. The van der Waals surface area contributed by atoms with Crippen LogP contribution in [0.15, 0.2) is 42.6 Å². The van der Waals surface area contributed by atoms with Gasteiger partial charge in [-0.3, -0.25) is 0 Å². The zero-order valence-electron chi connectivity index (χ0n) is 28.7. The molecule has 1 heterocycles. The number of aromatic nitrogens is 1. The molecule has 4 heteroatoms. The van der Waals surface area contributed by atoms with Crippen molar-refractivity contribution in [3.8, 4) is 11.3 Å². The van der Waals surface area contributed by atoms with Gasteiger partial charge in [-0.05, 0) is 102 Å². The average molecular weight is 777 g/mol. The molecule has 0 spiro atoms. The van der Waals surface area contributed by atoms with E-state index in [-0.39, 0.29) is 49.1 Å². The van der Waals surface area contributed by atoms with Crippen molar-refractivity contribution in [3.05, 3.63) is 65.4 Å². The third-order valence-corrected chi connectivity index (χ3v) is 11.7. The summed E-state index contributed by atoms with van der Waals surface area (Å²) in [6.45, 7) is 17.6. The number of hydrogen-bond acceptors (Lipinski definition) is 3. The summed E-state index contributed by atoms with van der Waals surface area (Å²) >= 11 is 0. The van der Waals surface area contributed by atoms with Crippen LogP contribution in [0.1, 0.15) is 128 Å². The van der Waals surface area contributed by atoms with Gasteiger partial charge in [-0.15, -0.1) is 34.9 Å². The Bertz CT molecular complexity index is 1290. The van der Waals surface area contributed by atoms with Crippen molar-refractivity contribution >= 4 is 10.8 Å². The molecule has 2 N–H and O–H groups in total. The van der Waals surface area contributed by atoms with Gasteiger partial charge in [0, 0.05) is 32.2 Å². The molecule has 1 aromatic heterocycles. The minimum atomic E-state index is -0.333. The second-order valence-electron chi connectivity index (χ2n) is 14.2. The standard InChI is InChI=1S/C20H20N.C20H38O2.Ir/c1-13(2)17-6-5-16-7-8-21-20(19(16)12-17)18-10-14(3)9-15(4)11-18;1-5-19(6-2)13-9-11-15-12-10-14-20(7-3,8-4)18(22)16(15)17(19)21;/h5-10,12-13H,1-4H3;15-18,21-22H,5-14H2,1-4H3;/q-1;;. The summed E-state index contributed by atoms with van der Waals surface area (Å²) in [5.74, 6) is 1.13. The number of rotatable bonds is 6. The summed E-state index contributed by atoms with van der Waals surface area (Å²) in [5.41, 5.74) is 5.92. The van der Waals surface area contributed by atoms with Crippen molar-refractivity contribution < 1.29 is 30.3 Å². The van der Waals surface area contributed by atoms with E-state index in [0.717, 1.165) is 55.3 Å². The first-order valence-electron chi connectivity index (χ1n) is 17.3. The maximum absolute atomic E-state index is 11.4. The van der Waals surface area contributed by atoms with E-state index >= 15 is 0 Å². The fraction of sp³-hybridized carbons (Fsp3) is 0.625. The number of aryl methyl sites for hydroxylation is 2. The maximum atomic E-state index is 11.4. The van der Waals surface area contributed by atoms with Gasteiger partial charge in [0.1, 0.15) is 0 Å². The normalized spacial score (nSPS) is 24.3. The van der Waals surface area contributed by atoms with Crippen molar-refractivity contribution in [2.75, 3.05) is 0 Å². The predicted octanol–water partition coefficient (Wildman–Crippen LogP) is 10.4. The van der Waals surface area contributed by atoms with Crippen LogP contribution in [0.3, 0.4) is 0 Å². The second kappa shape index (κ2) is 15.8. The molecule has 2 fully saturated rings. The summed E-state index contributed by atoms with van der Waals surface area (Å²) in [6, 6.07) is 16.5. The number of nitrogens with zero attached hydrogens (tertiary/aromatic N) is 1. The van der Waals surface area contributed by atoms with Crippen LogP contribution in [0.5, 0.6) is 0 Å². The van der Waals surface area contributed by atoms with E-state index in [1.165, 1.54) is 47.6 Å². The molecule has 245 valence electrons. The van der Waals surface area contributed by atoms with E-state index in [1.54, 1.807) is 0 Å². The second-order valence-corrected chi connectivity index (χ2v) is 14.2. The van der Waals surface area contributed by atoms with Crippen LogP contribution in [-0.4, -0.2) is 27.4 Å². The molecule has 5 rings (SSSR count).